The third kappa shape index (κ3) is 2.79. The smallest absolute Gasteiger partial charge is 0.152 e. The van der Waals surface area contributed by atoms with Gasteiger partial charge in [0, 0.05) is 19.3 Å². The predicted molar refractivity (Wildman–Crippen MR) is 70.7 cm³/mol. The van der Waals surface area contributed by atoms with Gasteiger partial charge in [0.1, 0.15) is 11.5 Å². The van der Waals surface area contributed by atoms with Gasteiger partial charge in [0.25, 0.3) is 0 Å². The molecule has 0 spiro atoms. The number of sulfone groups is 1. The molecule has 0 aliphatic carbocycles. The van der Waals surface area contributed by atoms with Crippen LogP contribution in [0.2, 0.25) is 0 Å². The average molecular weight is 268 g/mol. The molecule has 0 unspecified atom stereocenters. The minimum Gasteiger partial charge on any atom is -0.382 e. The van der Waals surface area contributed by atoms with Crippen LogP contribution in [-0.2, 0) is 9.84 Å². The van der Waals surface area contributed by atoms with Crippen molar-refractivity contribution in [3.05, 3.63) is 24.0 Å². The Balaban J connectivity index is 2.29. The number of rotatable bonds is 2. The van der Waals surface area contributed by atoms with Gasteiger partial charge in [-0.15, -0.1) is 0 Å². The molecule has 3 N–H and O–H groups in total. The maximum atomic E-state index is 11.6. The van der Waals surface area contributed by atoms with Crippen LogP contribution in [0.3, 0.4) is 0 Å². The van der Waals surface area contributed by atoms with Crippen LogP contribution in [0.4, 0.5) is 5.69 Å². The summed E-state index contributed by atoms with van der Waals surface area (Å²) in [6.45, 7) is 1.07. The van der Waals surface area contributed by atoms with Gasteiger partial charge in [-0.05, 0) is 18.6 Å². The molecule has 6 nitrogen and oxygen atoms in total. The molecule has 0 aromatic carbocycles. The second-order valence-corrected chi connectivity index (χ2v) is 6.58. The average Bonchev–Trinajstić information content (AvgIpc) is 2.50. The molecule has 7 heteroatoms. The summed E-state index contributed by atoms with van der Waals surface area (Å²) in [7, 11) is -2.94. The van der Waals surface area contributed by atoms with Crippen molar-refractivity contribution in [2.24, 2.45) is 5.73 Å². The van der Waals surface area contributed by atoms with Crippen LogP contribution in [0.25, 0.3) is 0 Å². The number of nitrogen functional groups attached to an aromatic ring is 1. The van der Waals surface area contributed by atoms with Crippen LogP contribution in [0, 0.1) is 5.41 Å². The fraction of sp³-hybridized carbons (Fsp3) is 0.455. The fourth-order valence-corrected chi connectivity index (χ4v) is 3.31. The molecule has 98 valence electrons. The lowest BCUT2D eigenvalue weighted by Gasteiger charge is -2.23. The molecule has 1 aromatic rings. The normalized spacial score (nSPS) is 19.2. The maximum Gasteiger partial charge on any atom is 0.152 e. The van der Waals surface area contributed by atoms with Gasteiger partial charge in [-0.25, -0.2) is 8.42 Å². The minimum absolute atomic E-state index is 0.0993. The van der Waals surface area contributed by atoms with Crippen molar-refractivity contribution in [2.45, 2.75) is 6.42 Å². The zero-order valence-corrected chi connectivity index (χ0v) is 10.8. The van der Waals surface area contributed by atoms with E-state index in [1.54, 1.807) is 12.3 Å². The number of hydrogen-bond acceptors (Lipinski definition) is 5. The van der Waals surface area contributed by atoms with E-state index in [0.717, 1.165) is 5.69 Å². The lowest BCUT2D eigenvalue weighted by molar-refractivity contribution is 0.597. The molecule has 2 heterocycles. The molecule has 1 fully saturated rings. The molecule has 2 rings (SSSR count). The van der Waals surface area contributed by atoms with Crippen molar-refractivity contribution in [1.82, 2.24) is 4.98 Å². The van der Waals surface area contributed by atoms with Gasteiger partial charge >= 0.3 is 0 Å². The highest BCUT2D eigenvalue weighted by molar-refractivity contribution is 7.91. The Kier molecular flexibility index (Phi) is 3.51. The molecule has 0 atom stereocenters. The summed E-state index contributed by atoms with van der Waals surface area (Å²) in [5, 5.41) is 7.50. The highest BCUT2D eigenvalue weighted by atomic mass is 32.2. The second-order valence-electron chi connectivity index (χ2n) is 4.28. The van der Waals surface area contributed by atoms with E-state index in [9.17, 15) is 8.42 Å². The number of hydrogen-bond donors (Lipinski definition) is 2. The second kappa shape index (κ2) is 4.93. The number of nitrogens with one attached hydrogen (secondary N) is 1. The Labute approximate surface area is 106 Å². The van der Waals surface area contributed by atoms with Crippen molar-refractivity contribution in [1.29, 1.82) is 5.41 Å². The molecule has 0 radical (unpaired) electrons. The van der Waals surface area contributed by atoms with Gasteiger partial charge in [-0.3, -0.25) is 10.4 Å². The summed E-state index contributed by atoms with van der Waals surface area (Å²) in [6, 6.07) is 3.59. The summed E-state index contributed by atoms with van der Waals surface area (Å²) >= 11 is 0. The lowest BCUT2D eigenvalue weighted by atomic mass is 10.2. The minimum atomic E-state index is -2.94. The largest absolute Gasteiger partial charge is 0.382 e. The third-order valence-electron chi connectivity index (χ3n) is 2.94. The number of nitrogens with zero attached hydrogens (tertiary/aromatic N) is 2. The zero-order valence-electron chi connectivity index (χ0n) is 9.96. The standard InChI is InChI=1S/C11H16N4O2S/c12-11(13)10-9(3-1-4-14-10)15-5-2-7-18(16,17)8-6-15/h1,3-4H,2,5-8H2,(H3,12,13). The Bertz CT molecular complexity index is 556. The van der Waals surface area contributed by atoms with E-state index in [4.69, 9.17) is 11.1 Å². The molecule has 1 saturated heterocycles. The molecular formula is C11H16N4O2S. The van der Waals surface area contributed by atoms with Crippen LogP contribution in [-0.4, -0.2) is 43.8 Å². The summed E-state index contributed by atoms with van der Waals surface area (Å²) in [5.41, 5.74) is 6.64. The van der Waals surface area contributed by atoms with E-state index < -0.39 is 9.84 Å². The first-order valence-electron chi connectivity index (χ1n) is 5.74. The van der Waals surface area contributed by atoms with Gasteiger partial charge in [0.05, 0.1) is 17.2 Å². The monoisotopic (exact) mass is 268 g/mol. The van der Waals surface area contributed by atoms with Crippen LogP contribution < -0.4 is 10.6 Å². The molecule has 1 aliphatic rings. The molecule has 0 saturated carbocycles. The van der Waals surface area contributed by atoms with Crippen molar-refractivity contribution in [3.63, 3.8) is 0 Å². The van der Waals surface area contributed by atoms with E-state index in [1.807, 2.05) is 11.0 Å². The molecule has 1 aliphatic heterocycles. The zero-order chi connectivity index (χ0) is 13.2. The first kappa shape index (κ1) is 12.8. The number of nitrogens with two attached hydrogens (primary N) is 1. The molecular weight excluding hydrogens is 252 g/mol. The van der Waals surface area contributed by atoms with Gasteiger partial charge in [0.2, 0.25) is 0 Å². The SMILES string of the molecule is N=C(N)c1ncccc1N1CCCS(=O)(=O)CC1. The fourth-order valence-electron chi connectivity index (χ4n) is 2.04. The quantitative estimate of drug-likeness (QED) is 0.580. The van der Waals surface area contributed by atoms with Crippen LogP contribution in [0.5, 0.6) is 0 Å². The van der Waals surface area contributed by atoms with Crippen LogP contribution in [0.15, 0.2) is 18.3 Å². The number of aromatic nitrogens is 1. The van der Waals surface area contributed by atoms with Gasteiger partial charge in [-0.1, -0.05) is 0 Å². The third-order valence-corrected chi connectivity index (χ3v) is 4.65. The first-order valence-corrected chi connectivity index (χ1v) is 7.56. The molecule has 18 heavy (non-hydrogen) atoms. The van der Waals surface area contributed by atoms with E-state index in [2.05, 4.69) is 4.98 Å². The van der Waals surface area contributed by atoms with Crippen molar-refractivity contribution >= 4 is 21.4 Å². The maximum absolute atomic E-state index is 11.6. The summed E-state index contributed by atoms with van der Waals surface area (Å²) in [6.07, 6.45) is 2.17. The van der Waals surface area contributed by atoms with E-state index >= 15 is 0 Å². The Morgan fingerprint density at radius 2 is 2.17 bits per heavy atom. The van der Waals surface area contributed by atoms with Gasteiger partial charge in [0.15, 0.2) is 9.84 Å². The Hall–Kier alpha value is -1.63. The van der Waals surface area contributed by atoms with E-state index in [1.165, 1.54) is 0 Å². The lowest BCUT2D eigenvalue weighted by Crippen LogP contribution is -2.29. The highest BCUT2D eigenvalue weighted by Gasteiger charge is 2.21. The van der Waals surface area contributed by atoms with Crippen LogP contribution >= 0.6 is 0 Å². The van der Waals surface area contributed by atoms with Crippen molar-refractivity contribution in [2.75, 3.05) is 29.5 Å². The molecule has 0 amide bonds. The van der Waals surface area contributed by atoms with E-state index in [-0.39, 0.29) is 17.3 Å². The summed E-state index contributed by atoms with van der Waals surface area (Å²) in [4.78, 5) is 6.02. The summed E-state index contributed by atoms with van der Waals surface area (Å²) in [5.74, 6) is 0.260. The number of anilines is 1. The van der Waals surface area contributed by atoms with E-state index in [0.29, 0.717) is 25.2 Å². The Morgan fingerprint density at radius 1 is 1.39 bits per heavy atom. The molecule has 0 bridgehead atoms. The Morgan fingerprint density at radius 3 is 2.89 bits per heavy atom. The van der Waals surface area contributed by atoms with Gasteiger partial charge < -0.3 is 10.6 Å². The van der Waals surface area contributed by atoms with Crippen molar-refractivity contribution in [3.8, 4) is 0 Å². The summed E-state index contributed by atoms with van der Waals surface area (Å²) < 4.78 is 23.1. The molecule has 1 aromatic heterocycles. The number of amidine groups is 1. The predicted octanol–water partition coefficient (Wildman–Crippen LogP) is -0.00943. The topological polar surface area (TPSA) is 100 Å². The number of pyridine rings is 1. The van der Waals surface area contributed by atoms with Gasteiger partial charge in [-0.2, -0.15) is 0 Å². The van der Waals surface area contributed by atoms with Crippen LogP contribution in [0.1, 0.15) is 12.1 Å². The van der Waals surface area contributed by atoms with Crippen molar-refractivity contribution < 1.29 is 8.42 Å². The highest BCUT2D eigenvalue weighted by Crippen LogP contribution is 2.20. The first-order chi connectivity index (χ1) is 8.49.